The standard InChI is InChI=1S/C14H26F2O2S/c1-5-14(15,16)8-7-9-19-12(10-11(3)4)13(17)18-6-2/h11-12H,5-10H2,1-4H3. The minimum absolute atomic E-state index is 0.103. The van der Waals surface area contributed by atoms with Crippen LogP contribution in [-0.4, -0.2) is 29.5 Å². The van der Waals surface area contributed by atoms with E-state index in [9.17, 15) is 13.6 Å². The Morgan fingerprint density at radius 2 is 1.95 bits per heavy atom. The van der Waals surface area contributed by atoms with Crippen LogP contribution in [0.2, 0.25) is 0 Å². The highest BCUT2D eigenvalue weighted by Crippen LogP contribution is 2.27. The van der Waals surface area contributed by atoms with Crippen molar-refractivity contribution in [2.24, 2.45) is 5.92 Å². The molecular weight excluding hydrogens is 270 g/mol. The number of alkyl halides is 2. The Kier molecular flexibility index (Phi) is 9.40. The maximum absolute atomic E-state index is 13.1. The second-order valence-corrected chi connectivity index (χ2v) is 6.36. The van der Waals surface area contributed by atoms with Crippen LogP contribution in [0.25, 0.3) is 0 Å². The van der Waals surface area contributed by atoms with Crippen LogP contribution in [0, 0.1) is 5.92 Å². The van der Waals surface area contributed by atoms with Gasteiger partial charge in [-0.2, -0.15) is 0 Å². The van der Waals surface area contributed by atoms with Gasteiger partial charge in [-0.15, -0.1) is 11.8 Å². The average Bonchev–Trinajstić information content (AvgIpc) is 2.33. The van der Waals surface area contributed by atoms with Crippen molar-refractivity contribution in [3.63, 3.8) is 0 Å². The molecule has 0 bridgehead atoms. The predicted octanol–water partition coefficient (Wildman–Crippen LogP) is 4.52. The van der Waals surface area contributed by atoms with Crippen molar-refractivity contribution in [1.29, 1.82) is 0 Å². The Morgan fingerprint density at radius 3 is 2.42 bits per heavy atom. The molecule has 0 saturated carbocycles. The lowest BCUT2D eigenvalue weighted by Crippen LogP contribution is -2.23. The van der Waals surface area contributed by atoms with Crippen molar-refractivity contribution < 1.29 is 18.3 Å². The molecule has 114 valence electrons. The van der Waals surface area contributed by atoms with Crippen LogP contribution < -0.4 is 0 Å². The SMILES string of the molecule is CCOC(=O)C(CC(C)C)SCCCC(F)(F)CC. The maximum atomic E-state index is 13.1. The van der Waals surface area contributed by atoms with E-state index in [0.717, 1.165) is 6.42 Å². The van der Waals surface area contributed by atoms with Gasteiger partial charge in [0.15, 0.2) is 0 Å². The van der Waals surface area contributed by atoms with E-state index < -0.39 is 5.92 Å². The third kappa shape index (κ3) is 9.25. The first-order valence-corrected chi connectivity index (χ1v) is 8.03. The van der Waals surface area contributed by atoms with Gasteiger partial charge in [-0.1, -0.05) is 20.8 Å². The Hall–Kier alpha value is -0.320. The summed E-state index contributed by atoms with van der Waals surface area (Å²) in [4.78, 5) is 11.7. The summed E-state index contributed by atoms with van der Waals surface area (Å²) in [6.45, 7) is 7.71. The maximum Gasteiger partial charge on any atom is 0.319 e. The molecule has 1 unspecified atom stereocenters. The van der Waals surface area contributed by atoms with Gasteiger partial charge in [0.2, 0.25) is 5.92 Å². The Balaban J connectivity index is 4.09. The van der Waals surface area contributed by atoms with Gasteiger partial charge in [-0.25, -0.2) is 8.78 Å². The largest absolute Gasteiger partial charge is 0.465 e. The van der Waals surface area contributed by atoms with Crippen molar-refractivity contribution in [1.82, 2.24) is 0 Å². The van der Waals surface area contributed by atoms with E-state index in [-0.39, 0.29) is 24.1 Å². The minimum atomic E-state index is -2.57. The van der Waals surface area contributed by atoms with Gasteiger partial charge in [0.25, 0.3) is 0 Å². The highest BCUT2D eigenvalue weighted by Gasteiger charge is 2.26. The second-order valence-electron chi connectivity index (χ2n) is 5.05. The second kappa shape index (κ2) is 9.56. The Bertz CT molecular complexity index is 258. The van der Waals surface area contributed by atoms with Gasteiger partial charge < -0.3 is 4.74 Å². The quantitative estimate of drug-likeness (QED) is 0.438. The van der Waals surface area contributed by atoms with Crippen molar-refractivity contribution >= 4 is 17.7 Å². The monoisotopic (exact) mass is 296 g/mol. The van der Waals surface area contributed by atoms with E-state index in [1.807, 2.05) is 13.8 Å². The molecule has 0 saturated heterocycles. The van der Waals surface area contributed by atoms with Crippen LogP contribution in [0.15, 0.2) is 0 Å². The summed E-state index contributed by atoms with van der Waals surface area (Å²) >= 11 is 1.44. The van der Waals surface area contributed by atoms with Gasteiger partial charge in [-0.05, 0) is 31.4 Å². The average molecular weight is 296 g/mol. The highest BCUT2D eigenvalue weighted by atomic mass is 32.2. The first-order valence-electron chi connectivity index (χ1n) is 6.98. The molecule has 0 aliphatic rings. The first kappa shape index (κ1) is 18.7. The Labute approximate surface area is 119 Å². The van der Waals surface area contributed by atoms with E-state index in [0.29, 0.717) is 24.7 Å². The van der Waals surface area contributed by atoms with Crippen LogP contribution in [0.4, 0.5) is 8.78 Å². The number of carbonyl (C=O) groups excluding carboxylic acids is 1. The molecule has 0 heterocycles. The van der Waals surface area contributed by atoms with Gasteiger partial charge >= 0.3 is 5.97 Å². The molecule has 0 aromatic heterocycles. The van der Waals surface area contributed by atoms with Gasteiger partial charge in [0, 0.05) is 12.8 Å². The fraction of sp³-hybridized carbons (Fsp3) is 0.929. The molecule has 0 fully saturated rings. The number of rotatable bonds is 10. The third-order valence-electron chi connectivity index (χ3n) is 2.76. The predicted molar refractivity (Wildman–Crippen MR) is 76.8 cm³/mol. The molecule has 0 amide bonds. The van der Waals surface area contributed by atoms with Crippen molar-refractivity contribution in [2.45, 2.75) is 64.6 Å². The van der Waals surface area contributed by atoms with Gasteiger partial charge in [-0.3, -0.25) is 4.79 Å². The van der Waals surface area contributed by atoms with Gasteiger partial charge in [0.05, 0.1) is 6.61 Å². The number of hydrogen-bond acceptors (Lipinski definition) is 3. The topological polar surface area (TPSA) is 26.3 Å². The summed E-state index contributed by atoms with van der Waals surface area (Å²) in [5.41, 5.74) is 0. The number of thioether (sulfide) groups is 1. The molecule has 0 spiro atoms. The molecule has 0 radical (unpaired) electrons. The molecule has 0 aliphatic carbocycles. The van der Waals surface area contributed by atoms with Crippen molar-refractivity contribution in [3.8, 4) is 0 Å². The molecule has 19 heavy (non-hydrogen) atoms. The first-order chi connectivity index (χ1) is 8.82. The van der Waals surface area contributed by atoms with E-state index in [1.54, 1.807) is 6.92 Å². The zero-order valence-electron chi connectivity index (χ0n) is 12.4. The fourth-order valence-corrected chi connectivity index (χ4v) is 2.95. The molecule has 0 aliphatic heterocycles. The van der Waals surface area contributed by atoms with E-state index >= 15 is 0 Å². The van der Waals surface area contributed by atoms with Crippen LogP contribution in [0.1, 0.15) is 53.4 Å². The molecule has 1 atom stereocenters. The van der Waals surface area contributed by atoms with E-state index in [2.05, 4.69) is 0 Å². The van der Waals surface area contributed by atoms with E-state index in [4.69, 9.17) is 4.74 Å². The third-order valence-corrected chi connectivity index (χ3v) is 4.07. The lowest BCUT2D eigenvalue weighted by molar-refractivity contribution is -0.142. The van der Waals surface area contributed by atoms with Crippen molar-refractivity contribution in [3.05, 3.63) is 0 Å². The molecule has 0 aromatic carbocycles. The molecule has 2 nitrogen and oxygen atoms in total. The molecule has 0 aromatic rings. The van der Waals surface area contributed by atoms with Gasteiger partial charge in [0.1, 0.15) is 5.25 Å². The zero-order valence-corrected chi connectivity index (χ0v) is 13.2. The van der Waals surface area contributed by atoms with Crippen LogP contribution in [-0.2, 0) is 9.53 Å². The van der Waals surface area contributed by atoms with Crippen LogP contribution >= 0.6 is 11.8 Å². The van der Waals surface area contributed by atoms with E-state index in [1.165, 1.54) is 18.7 Å². The van der Waals surface area contributed by atoms with Crippen LogP contribution in [0.3, 0.4) is 0 Å². The molecule has 0 N–H and O–H groups in total. The molecule has 5 heteroatoms. The summed E-state index contributed by atoms with van der Waals surface area (Å²) in [5.74, 6) is -1.83. The number of hydrogen-bond donors (Lipinski definition) is 0. The lowest BCUT2D eigenvalue weighted by Gasteiger charge is -2.18. The summed E-state index contributed by atoms with van der Waals surface area (Å²) in [6.07, 6.45) is 0.936. The number of esters is 1. The zero-order chi connectivity index (χ0) is 14.9. The van der Waals surface area contributed by atoms with Crippen LogP contribution in [0.5, 0.6) is 0 Å². The Morgan fingerprint density at radius 1 is 1.32 bits per heavy atom. The van der Waals surface area contributed by atoms with Crippen molar-refractivity contribution in [2.75, 3.05) is 12.4 Å². The normalized spacial score (nSPS) is 13.6. The highest BCUT2D eigenvalue weighted by molar-refractivity contribution is 8.00. The molecule has 0 rings (SSSR count). The number of halogens is 2. The number of carbonyl (C=O) groups is 1. The summed E-state index contributed by atoms with van der Waals surface area (Å²) in [6, 6.07) is 0. The molecular formula is C14H26F2O2S. The summed E-state index contributed by atoms with van der Waals surface area (Å²) < 4.78 is 31.1. The minimum Gasteiger partial charge on any atom is -0.465 e. The number of ether oxygens (including phenoxy) is 1. The summed E-state index contributed by atoms with van der Waals surface area (Å²) in [7, 11) is 0. The lowest BCUT2D eigenvalue weighted by atomic mass is 10.1. The smallest absolute Gasteiger partial charge is 0.319 e. The fourth-order valence-electron chi connectivity index (χ4n) is 1.63. The summed E-state index contributed by atoms with van der Waals surface area (Å²) in [5, 5.41) is -0.227.